The number of aliphatic imine (C=N–C) groups is 1. The highest BCUT2D eigenvalue weighted by atomic mass is 15.0. The Labute approximate surface area is 150 Å². The van der Waals surface area contributed by atoms with Gasteiger partial charge in [0.2, 0.25) is 0 Å². The van der Waals surface area contributed by atoms with Gasteiger partial charge in [-0.25, -0.2) is 0 Å². The van der Waals surface area contributed by atoms with E-state index in [1.54, 1.807) is 0 Å². The summed E-state index contributed by atoms with van der Waals surface area (Å²) in [6.45, 7) is 12.8. The number of aryl methyl sites for hydroxylation is 5. The predicted molar refractivity (Wildman–Crippen MR) is 108 cm³/mol. The maximum Gasteiger partial charge on any atom is 0.0659 e. The van der Waals surface area contributed by atoms with Gasteiger partial charge in [-0.15, -0.1) is 0 Å². The van der Waals surface area contributed by atoms with Crippen molar-refractivity contribution in [1.29, 1.82) is 0 Å². The van der Waals surface area contributed by atoms with Gasteiger partial charge >= 0.3 is 0 Å². The highest BCUT2D eigenvalue weighted by Gasteiger charge is 2.10. The van der Waals surface area contributed by atoms with E-state index in [2.05, 4.69) is 88.6 Å². The zero-order chi connectivity index (χ0) is 18.1. The van der Waals surface area contributed by atoms with E-state index in [0.29, 0.717) is 0 Å². The Bertz CT molecular complexity index is 938. The minimum atomic E-state index is 1.03. The largest absolute Gasteiger partial charge is 0.318 e. The highest BCUT2D eigenvalue weighted by Crippen LogP contribution is 2.23. The van der Waals surface area contributed by atoms with Gasteiger partial charge in [0.15, 0.2) is 0 Å². The van der Waals surface area contributed by atoms with Gasteiger partial charge in [0, 0.05) is 28.9 Å². The molecule has 1 aromatic heterocycles. The molecule has 0 bridgehead atoms. The Balaban J connectivity index is 2.01. The molecule has 128 valence electrons. The summed E-state index contributed by atoms with van der Waals surface area (Å²) in [5.74, 6) is 0. The lowest BCUT2D eigenvalue weighted by Crippen LogP contribution is -2.00. The molecule has 2 heteroatoms. The minimum absolute atomic E-state index is 1.03. The second kappa shape index (κ2) is 6.72. The lowest BCUT2D eigenvalue weighted by molar-refractivity contribution is 0.960. The standard InChI is InChI=1S/C23H26N2/c1-15-7-8-23(18(4)10-15)24-14-21-13-19(5)25(20(21)6)22-11-16(2)9-17(3)12-22/h7-14H,1-6H3. The van der Waals surface area contributed by atoms with Crippen LogP contribution in [0.15, 0.2) is 47.5 Å². The molecule has 0 saturated carbocycles. The molecule has 0 N–H and O–H groups in total. The van der Waals surface area contributed by atoms with Crippen molar-refractivity contribution in [2.75, 3.05) is 0 Å². The van der Waals surface area contributed by atoms with E-state index in [-0.39, 0.29) is 0 Å². The number of nitrogens with zero attached hydrogens (tertiary/aromatic N) is 2. The molecule has 0 saturated heterocycles. The van der Waals surface area contributed by atoms with Crippen LogP contribution in [0.1, 0.15) is 39.2 Å². The molecule has 0 amide bonds. The third-order valence-corrected chi connectivity index (χ3v) is 4.63. The van der Waals surface area contributed by atoms with Crippen LogP contribution in [0.4, 0.5) is 5.69 Å². The van der Waals surface area contributed by atoms with Crippen molar-refractivity contribution in [2.24, 2.45) is 4.99 Å². The number of hydrogen-bond acceptors (Lipinski definition) is 1. The van der Waals surface area contributed by atoms with Gasteiger partial charge < -0.3 is 4.57 Å². The highest BCUT2D eigenvalue weighted by molar-refractivity contribution is 5.84. The summed E-state index contributed by atoms with van der Waals surface area (Å²) in [6, 6.07) is 15.3. The quantitative estimate of drug-likeness (QED) is 0.518. The fourth-order valence-electron chi connectivity index (χ4n) is 3.48. The molecule has 0 radical (unpaired) electrons. The van der Waals surface area contributed by atoms with Crippen LogP contribution >= 0.6 is 0 Å². The first-order valence-electron chi connectivity index (χ1n) is 8.74. The zero-order valence-corrected chi connectivity index (χ0v) is 16.0. The van der Waals surface area contributed by atoms with E-state index in [4.69, 9.17) is 4.99 Å². The molecule has 2 aromatic carbocycles. The topological polar surface area (TPSA) is 17.3 Å². The Morgan fingerprint density at radius 2 is 1.44 bits per heavy atom. The molecule has 0 aliphatic rings. The lowest BCUT2D eigenvalue weighted by atomic mass is 10.1. The lowest BCUT2D eigenvalue weighted by Gasteiger charge is -2.11. The normalized spacial score (nSPS) is 11.4. The summed E-state index contributed by atoms with van der Waals surface area (Å²) in [7, 11) is 0. The van der Waals surface area contributed by atoms with Crippen molar-refractivity contribution in [3.05, 3.63) is 81.7 Å². The first-order chi connectivity index (χ1) is 11.8. The summed E-state index contributed by atoms with van der Waals surface area (Å²) in [5.41, 5.74) is 10.9. The van der Waals surface area contributed by atoms with Crippen molar-refractivity contribution >= 4 is 11.9 Å². The van der Waals surface area contributed by atoms with Crippen LogP contribution in [0.25, 0.3) is 5.69 Å². The third kappa shape index (κ3) is 3.58. The minimum Gasteiger partial charge on any atom is -0.318 e. The number of aromatic nitrogens is 1. The second-order valence-electron chi connectivity index (χ2n) is 7.06. The van der Waals surface area contributed by atoms with Crippen LogP contribution in [0.5, 0.6) is 0 Å². The van der Waals surface area contributed by atoms with Crippen LogP contribution in [-0.4, -0.2) is 10.8 Å². The first kappa shape index (κ1) is 17.2. The number of hydrogen-bond donors (Lipinski definition) is 0. The van der Waals surface area contributed by atoms with Crippen LogP contribution in [-0.2, 0) is 0 Å². The van der Waals surface area contributed by atoms with Gasteiger partial charge in [-0.2, -0.15) is 0 Å². The van der Waals surface area contributed by atoms with Crippen molar-refractivity contribution in [2.45, 2.75) is 41.5 Å². The Kier molecular flexibility index (Phi) is 4.63. The average Bonchev–Trinajstić information content (AvgIpc) is 2.79. The SMILES string of the molecule is Cc1cc(C)cc(-n2c(C)cc(C=Nc3ccc(C)cc3C)c2C)c1. The Morgan fingerprint density at radius 1 is 0.760 bits per heavy atom. The van der Waals surface area contributed by atoms with Crippen molar-refractivity contribution in [3.63, 3.8) is 0 Å². The van der Waals surface area contributed by atoms with Gasteiger partial charge in [-0.3, -0.25) is 4.99 Å². The second-order valence-corrected chi connectivity index (χ2v) is 7.06. The maximum absolute atomic E-state index is 4.72. The van der Waals surface area contributed by atoms with E-state index in [1.165, 1.54) is 39.3 Å². The molecular formula is C23H26N2. The molecule has 0 fully saturated rings. The van der Waals surface area contributed by atoms with Crippen molar-refractivity contribution in [1.82, 2.24) is 4.57 Å². The molecule has 3 aromatic rings. The predicted octanol–water partition coefficient (Wildman–Crippen LogP) is 6.08. The Morgan fingerprint density at radius 3 is 2.08 bits per heavy atom. The summed E-state index contributed by atoms with van der Waals surface area (Å²) < 4.78 is 2.31. The van der Waals surface area contributed by atoms with Crippen LogP contribution in [0.3, 0.4) is 0 Å². The summed E-state index contributed by atoms with van der Waals surface area (Å²) in [5, 5.41) is 0. The van der Waals surface area contributed by atoms with Gasteiger partial charge in [-0.1, -0.05) is 23.8 Å². The van der Waals surface area contributed by atoms with Crippen LogP contribution in [0, 0.1) is 41.5 Å². The Hall–Kier alpha value is -2.61. The molecule has 0 aliphatic carbocycles. The van der Waals surface area contributed by atoms with E-state index in [9.17, 15) is 0 Å². The number of rotatable bonds is 3. The van der Waals surface area contributed by atoms with Gasteiger partial charge in [0.05, 0.1) is 5.69 Å². The van der Waals surface area contributed by atoms with Crippen molar-refractivity contribution in [3.8, 4) is 5.69 Å². The van der Waals surface area contributed by atoms with E-state index >= 15 is 0 Å². The first-order valence-corrected chi connectivity index (χ1v) is 8.74. The fourth-order valence-corrected chi connectivity index (χ4v) is 3.48. The zero-order valence-electron chi connectivity index (χ0n) is 16.0. The monoisotopic (exact) mass is 330 g/mol. The molecule has 0 aliphatic heterocycles. The molecule has 0 unspecified atom stereocenters. The molecule has 2 nitrogen and oxygen atoms in total. The van der Waals surface area contributed by atoms with Gasteiger partial charge in [0.1, 0.15) is 0 Å². The third-order valence-electron chi connectivity index (χ3n) is 4.63. The molecule has 25 heavy (non-hydrogen) atoms. The van der Waals surface area contributed by atoms with Crippen LogP contribution < -0.4 is 0 Å². The molecular weight excluding hydrogens is 304 g/mol. The van der Waals surface area contributed by atoms with Crippen LogP contribution in [0.2, 0.25) is 0 Å². The smallest absolute Gasteiger partial charge is 0.0659 e. The van der Waals surface area contributed by atoms with Gasteiger partial charge in [0.25, 0.3) is 0 Å². The maximum atomic E-state index is 4.72. The summed E-state index contributed by atoms with van der Waals surface area (Å²) >= 11 is 0. The summed E-state index contributed by atoms with van der Waals surface area (Å²) in [6.07, 6.45) is 1.99. The fraction of sp³-hybridized carbons (Fsp3) is 0.261. The van der Waals surface area contributed by atoms with E-state index in [0.717, 1.165) is 11.3 Å². The van der Waals surface area contributed by atoms with E-state index < -0.39 is 0 Å². The molecule has 0 atom stereocenters. The number of benzene rings is 2. The van der Waals surface area contributed by atoms with E-state index in [1.807, 2.05) is 6.21 Å². The van der Waals surface area contributed by atoms with Crippen molar-refractivity contribution < 1.29 is 0 Å². The van der Waals surface area contributed by atoms with Gasteiger partial charge in [-0.05, 0) is 82.5 Å². The summed E-state index contributed by atoms with van der Waals surface area (Å²) in [4.78, 5) is 4.72. The average molecular weight is 330 g/mol. The molecule has 1 heterocycles. The molecule has 0 spiro atoms. The molecule has 3 rings (SSSR count).